The lowest BCUT2D eigenvalue weighted by atomic mass is 10.1. The first-order chi connectivity index (χ1) is 9.65. The molecular weight excluding hydrogens is 258 g/mol. The number of methoxy groups -OCH3 is 2. The SMILES string of the molecule is COC(=O)c1ncn(CCc2cccc(OC)c2)c1N. The van der Waals surface area contributed by atoms with E-state index in [2.05, 4.69) is 9.72 Å². The highest BCUT2D eigenvalue weighted by Gasteiger charge is 2.15. The van der Waals surface area contributed by atoms with E-state index in [1.165, 1.54) is 7.11 Å². The van der Waals surface area contributed by atoms with Crippen molar-refractivity contribution in [2.75, 3.05) is 20.0 Å². The molecule has 0 unspecified atom stereocenters. The molecule has 1 heterocycles. The lowest BCUT2D eigenvalue weighted by Gasteiger charge is -2.07. The summed E-state index contributed by atoms with van der Waals surface area (Å²) in [5.41, 5.74) is 7.15. The number of aromatic nitrogens is 2. The summed E-state index contributed by atoms with van der Waals surface area (Å²) in [7, 11) is 2.94. The number of nitrogens with two attached hydrogens (primary N) is 1. The minimum Gasteiger partial charge on any atom is -0.497 e. The van der Waals surface area contributed by atoms with E-state index < -0.39 is 5.97 Å². The lowest BCUT2D eigenvalue weighted by Crippen LogP contribution is -2.09. The fourth-order valence-corrected chi connectivity index (χ4v) is 1.90. The number of carbonyl (C=O) groups is 1. The van der Waals surface area contributed by atoms with E-state index in [4.69, 9.17) is 10.5 Å². The molecule has 2 N–H and O–H groups in total. The summed E-state index contributed by atoms with van der Waals surface area (Å²) >= 11 is 0. The minimum absolute atomic E-state index is 0.151. The van der Waals surface area contributed by atoms with Crippen molar-refractivity contribution in [3.05, 3.63) is 41.9 Å². The van der Waals surface area contributed by atoms with E-state index in [0.717, 1.165) is 17.7 Å². The van der Waals surface area contributed by atoms with Gasteiger partial charge in [-0.05, 0) is 24.1 Å². The second-order valence-corrected chi connectivity index (χ2v) is 4.26. The van der Waals surface area contributed by atoms with Crippen LogP contribution >= 0.6 is 0 Å². The van der Waals surface area contributed by atoms with Crippen LogP contribution in [0, 0.1) is 0 Å². The zero-order valence-corrected chi connectivity index (χ0v) is 11.5. The Morgan fingerprint density at radius 1 is 1.40 bits per heavy atom. The molecule has 0 saturated heterocycles. The zero-order valence-electron chi connectivity index (χ0n) is 11.5. The van der Waals surface area contributed by atoms with E-state index in [1.54, 1.807) is 18.0 Å². The normalized spacial score (nSPS) is 10.3. The van der Waals surface area contributed by atoms with Gasteiger partial charge in [-0.2, -0.15) is 0 Å². The van der Waals surface area contributed by atoms with Crippen molar-refractivity contribution in [2.45, 2.75) is 13.0 Å². The third kappa shape index (κ3) is 2.90. The van der Waals surface area contributed by atoms with Crippen LogP contribution in [0.1, 0.15) is 16.1 Å². The van der Waals surface area contributed by atoms with Crippen molar-refractivity contribution >= 4 is 11.8 Å². The van der Waals surface area contributed by atoms with Crippen LogP contribution < -0.4 is 10.5 Å². The zero-order chi connectivity index (χ0) is 14.5. The molecule has 106 valence electrons. The Morgan fingerprint density at radius 2 is 2.20 bits per heavy atom. The van der Waals surface area contributed by atoms with Gasteiger partial charge in [0.15, 0.2) is 5.69 Å². The molecule has 0 amide bonds. The van der Waals surface area contributed by atoms with Crippen LogP contribution in [0.2, 0.25) is 0 Å². The Morgan fingerprint density at radius 3 is 2.90 bits per heavy atom. The number of anilines is 1. The number of rotatable bonds is 5. The highest BCUT2D eigenvalue weighted by Crippen LogP contribution is 2.15. The summed E-state index contributed by atoms with van der Waals surface area (Å²) in [5, 5.41) is 0. The largest absolute Gasteiger partial charge is 0.497 e. The molecular formula is C14H17N3O3. The maximum Gasteiger partial charge on any atom is 0.360 e. The van der Waals surface area contributed by atoms with Gasteiger partial charge in [-0.15, -0.1) is 0 Å². The molecule has 0 spiro atoms. The molecule has 0 bridgehead atoms. The molecule has 0 saturated carbocycles. The van der Waals surface area contributed by atoms with E-state index in [0.29, 0.717) is 12.4 Å². The molecule has 1 aromatic carbocycles. The van der Waals surface area contributed by atoms with Crippen LogP contribution in [-0.4, -0.2) is 29.7 Å². The van der Waals surface area contributed by atoms with Gasteiger partial charge in [-0.25, -0.2) is 9.78 Å². The van der Waals surface area contributed by atoms with Crippen LogP contribution in [0.4, 0.5) is 5.82 Å². The molecule has 6 nitrogen and oxygen atoms in total. The summed E-state index contributed by atoms with van der Waals surface area (Å²) in [5.74, 6) is 0.610. The maximum atomic E-state index is 11.4. The van der Waals surface area contributed by atoms with Crippen LogP contribution in [0.25, 0.3) is 0 Å². The van der Waals surface area contributed by atoms with Gasteiger partial charge >= 0.3 is 5.97 Å². The monoisotopic (exact) mass is 275 g/mol. The van der Waals surface area contributed by atoms with E-state index in [1.807, 2.05) is 24.3 Å². The smallest absolute Gasteiger partial charge is 0.360 e. The molecule has 2 rings (SSSR count). The van der Waals surface area contributed by atoms with Crippen molar-refractivity contribution in [3.8, 4) is 5.75 Å². The number of hydrogen-bond acceptors (Lipinski definition) is 5. The van der Waals surface area contributed by atoms with Gasteiger partial charge in [-0.1, -0.05) is 12.1 Å². The number of benzene rings is 1. The summed E-state index contributed by atoms with van der Waals surface area (Å²) in [6.45, 7) is 0.628. The summed E-state index contributed by atoms with van der Waals surface area (Å²) in [6, 6.07) is 7.81. The summed E-state index contributed by atoms with van der Waals surface area (Å²) in [4.78, 5) is 15.4. The van der Waals surface area contributed by atoms with Gasteiger partial charge < -0.3 is 19.8 Å². The Bertz CT molecular complexity index is 607. The fraction of sp³-hybridized carbons (Fsp3) is 0.286. The standard InChI is InChI=1S/C14H17N3O3/c1-19-11-5-3-4-10(8-11)6-7-17-9-16-12(13(17)15)14(18)20-2/h3-5,8-9H,6-7,15H2,1-2H3. The van der Waals surface area contributed by atoms with Crippen molar-refractivity contribution < 1.29 is 14.3 Å². The van der Waals surface area contributed by atoms with Gasteiger partial charge in [0.2, 0.25) is 0 Å². The molecule has 20 heavy (non-hydrogen) atoms. The van der Waals surface area contributed by atoms with E-state index in [-0.39, 0.29) is 5.69 Å². The minimum atomic E-state index is -0.525. The average Bonchev–Trinajstić information content (AvgIpc) is 2.85. The third-order valence-electron chi connectivity index (χ3n) is 3.03. The number of aryl methyl sites for hydroxylation is 2. The average molecular weight is 275 g/mol. The van der Waals surface area contributed by atoms with Gasteiger partial charge in [0.05, 0.1) is 20.5 Å². The first-order valence-corrected chi connectivity index (χ1v) is 6.17. The van der Waals surface area contributed by atoms with Crippen LogP contribution in [0.15, 0.2) is 30.6 Å². The Labute approximate surface area is 117 Å². The quantitative estimate of drug-likeness (QED) is 0.836. The number of imidazole rings is 1. The molecule has 0 aliphatic rings. The second kappa shape index (κ2) is 6.10. The molecule has 0 atom stereocenters. The van der Waals surface area contributed by atoms with Gasteiger partial charge in [-0.3, -0.25) is 0 Å². The third-order valence-corrected chi connectivity index (χ3v) is 3.03. The Hall–Kier alpha value is -2.50. The van der Waals surface area contributed by atoms with Crippen molar-refractivity contribution in [2.24, 2.45) is 0 Å². The summed E-state index contributed by atoms with van der Waals surface area (Å²) < 4.78 is 11.5. The number of ether oxygens (including phenoxy) is 2. The van der Waals surface area contributed by atoms with Crippen molar-refractivity contribution in [1.82, 2.24) is 9.55 Å². The molecule has 0 fully saturated rings. The van der Waals surface area contributed by atoms with Crippen LogP contribution in [-0.2, 0) is 17.7 Å². The lowest BCUT2D eigenvalue weighted by molar-refractivity contribution is 0.0596. The summed E-state index contributed by atoms with van der Waals surface area (Å²) in [6.07, 6.45) is 2.31. The van der Waals surface area contributed by atoms with Gasteiger partial charge in [0, 0.05) is 6.54 Å². The molecule has 0 aliphatic carbocycles. The maximum absolute atomic E-state index is 11.4. The highest BCUT2D eigenvalue weighted by atomic mass is 16.5. The Balaban J connectivity index is 2.07. The molecule has 6 heteroatoms. The Kier molecular flexibility index (Phi) is 4.24. The van der Waals surface area contributed by atoms with Gasteiger partial charge in [0.25, 0.3) is 0 Å². The molecule has 0 aliphatic heterocycles. The first kappa shape index (κ1) is 13.9. The van der Waals surface area contributed by atoms with Crippen LogP contribution in [0.3, 0.4) is 0 Å². The van der Waals surface area contributed by atoms with Gasteiger partial charge in [0.1, 0.15) is 11.6 Å². The number of carbonyl (C=O) groups excluding carboxylic acids is 1. The number of esters is 1. The molecule has 1 aromatic heterocycles. The van der Waals surface area contributed by atoms with Crippen molar-refractivity contribution in [3.63, 3.8) is 0 Å². The molecule has 2 aromatic rings. The van der Waals surface area contributed by atoms with E-state index in [9.17, 15) is 4.79 Å². The number of nitrogen functional groups attached to an aromatic ring is 1. The highest BCUT2D eigenvalue weighted by molar-refractivity contribution is 5.92. The topological polar surface area (TPSA) is 79.4 Å². The second-order valence-electron chi connectivity index (χ2n) is 4.26. The van der Waals surface area contributed by atoms with E-state index >= 15 is 0 Å². The number of hydrogen-bond donors (Lipinski definition) is 1. The fourth-order valence-electron chi connectivity index (χ4n) is 1.90. The predicted molar refractivity (Wildman–Crippen MR) is 74.7 cm³/mol. The van der Waals surface area contributed by atoms with Crippen LogP contribution in [0.5, 0.6) is 5.75 Å². The molecule has 0 radical (unpaired) electrons. The first-order valence-electron chi connectivity index (χ1n) is 6.17. The predicted octanol–water partition coefficient (Wildman–Crippen LogP) is 1.50. The van der Waals surface area contributed by atoms with Crippen molar-refractivity contribution in [1.29, 1.82) is 0 Å². The number of nitrogens with zero attached hydrogens (tertiary/aromatic N) is 2.